The molecular formula is C16H24LiO4P. The number of carbonyl (C=O) groups excluding carboxylic acids is 1. The molecule has 1 aromatic rings. The van der Waals surface area contributed by atoms with E-state index in [4.69, 9.17) is 14.2 Å². The smallest absolute Gasteiger partial charge is 0.493 e. The Morgan fingerprint density at radius 3 is 1.59 bits per heavy atom. The zero-order chi connectivity index (χ0) is 16.0. The Balaban J connectivity index is 0.00000441. The van der Waals surface area contributed by atoms with E-state index in [0.717, 1.165) is 11.3 Å². The summed E-state index contributed by atoms with van der Waals surface area (Å²) >= 11 is 0. The van der Waals surface area contributed by atoms with Crippen LogP contribution in [0, 0.1) is 0 Å². The van der Waals surface area contributed by atoms with E-state index < -0.39 is 0 Å². The van der Waals surface area contributed by atoms with E-state index in [2.05, 4.69) is 0 Å². The van der Waals surface area contributed by atoms with Crippen molar-refractivity contribution < 1.29 is 37.9 Å². The van der Waals surface area contributed by atoms with Gasteiger partial charge in [0.05, 0.1) is 29.8 Å². The van der Waals surface area contributed by atoms with Crippen LogP contribution in [0.4, 0.5) is 0 Å². The Kier molecular flexibility index (Phi) is 9.84. The molecule has 0 bridgehead atoms. The second kappa shape index (κ2) is 10.2. The van der Waals surface area contributed by atoms with Gasteiger partial charge in [-0.3, -0.25) is 0 Å². The minimum Gasteiger partial charge on any atom is -0.493 e. The predicted octanol–water partition coefficient (Wildman–Crippen LogP) is 0.814. The average Bonchev–Trinajstić information content (AvgIpc) is 2.31. The third kappa shape index (κ3) is 7.05. The van der Waals surface area contributed by atoms with Crippen molar-refractivity contribution in [1.82, 2.24) is 0 Å². The van der Waals surface area contributed by atoms with E-state index in [9.17, 15) is 4.79 Å². The Labute approximate surface area is 147 Å². The molecule has 0 aliphatic carbocycles. The topological polar surface area (TPSA) is 44.8 Å². The van der Waals surface area contributed by atoms with Gasteiger partial charge in [-0.15, -0.1) is 5.30 Å². The van der Waals surface area contributed by atoms with Gasteiger partial charge in [-0.2, -0.15) is 0 Å². The van der Waals surface area contributed by atoms with Crippen LogP contribution in [0.2, 0.25) is 0 Å². The molecular weight excluding hydrogens is 294 g/mol. The van der Waals surface area contributed by atoms with Gasteiger partial charge >= 0.3 is 18.9 Å². The number of carbonyl (C=O) groups is 1. The van der Waals surface area contributed by atoms with Crippen molar-refractivity contribution in [2.24, 2.45) is 0 Å². The van der Waals surface area contributed by atoms with Crippen LogP contribution >= 0.6 is 8.58 Å². The van der Waals surface area contributed by atoms with Gasteiger partial charge in [-0.05, 0) is 47.6 Å². The summed E-state index contributed by atoms with van der Waals surface area (Å²) in [6, 6.07) is 4.47. The van der Waals surface area contributed by atoms with E-state index in [1.807, 2.05) is 53.7 Å². The Morgan fingerprint density at radius 1 is 0.864 bits per heavy atom. The fraction of sp³-hybridized carbons (Fsp3) is 0.562. The van der Waals surface area contributed by atoms with Crippen molar-refractivity contribution >= 4 is 19.9 Å². The first-order valence-electron chi connectivity index (χ1n) is 7.16. The number of benzene rings is 1. The van der Waals surface area contributed by atoms with Crippen molar-refractivity contribution in [3.63, 3.8) is 0 Å². The van der Waals surface area contributed by atoms with E-state index in [0.29, 0.717) is 25.8 Å². The van der Waals surface area contributed by atoms with Crippen LogP contribution in [0.15, 0.2) is 12.1 Å². The minimum absolute atomic E-state index is 0. The molecule has 1 aromatic carbocycles. The first-order valence-corrected chi connectivity index (χ1v) is 8.12. The third-order valence-corrected chi connectivity index (χ3v) is 3.10. The summed E-state index contributed by atoms with van der Waals surface area (Å²) in [5, 5.41) is 0.739. The second-order valence-electron chi connectivity index (χ2n) is 5.50. The summed E-state index contributed by atoms with van der Waals surface area (Å²) in [6.07, 6.45) is 0.0666. The summed E-state index contributed by atoms with van der Waals surface area (Å²) in [7, 11) is 0.522. The van der Waals surface area contributed by atoms with Gasteiger partial charge in [0.15, 0.2) is 0 Å². The molecule has 0 aromatic heterocycles. The van der Waals surface area contributed by atoms with Crippen LogP contribution in [0.3, 0.4) is 0 Å². The molecule has 0 unspecified atom stereocenters. The summed E-state index contributed by atoms with van der Waals surface area (Å²) in [6.45, 7) is 11.7. The maximum Gasteiger partial charge on any atom is 1.00 e. The zero-order valence-corrected chi connectivity index (χ0v) is 15.4. The molecule has 0 fully saturated rings. The van der Waals surface area contributed by atoms with Crippen molar-refractivity contribution in [2.75, 3.05) is 0 Å². The summed E-state index contributed by atoms with van der Waals surface area (Å²) in [5.41, 5.74) is 0. The van der Waals surface area contributed by atoms with Gasteiger partial charge < -0.3 is 27.6 Å². The average molecular weight is 318 g/mol. The van der Waals surface area contributed by atoms with Crippen LogP contribution in [-0.4, -0.2) is 24.3 Å². The molecule has 6 heteroatoms. The summed E-state index contributed by atoms with van der Waals surface area (Å²) in [4.78, 5) is 11.0. The van der Waals surface area contributed by atoms with Crippen molar-refractivity contribution in [3.8, 4) is 17.2 Å². The SMILES string of the molecule is CC(C)Oc1cc(OC(C)C)c([P-]C=O)c(OC(C)C)c1.[Li+]. The zero-order valence-electron chi connectivity index (χ0n) is 14.5. The van der Waals surface area contributed by atoms with Crippen molar-refractivity contribution in [3.05, 3.63) is 12.1 Å². The molecule has 0 saturated carbocycles. The minimum atomic E-state index is 0. The molecule has 118 valence electrons. The van der Waals surface area contributed by atoms with Crippen LogP contribution in [-0.2, 0) is 4.79 Å². The fourth-order valence-electron chi connectivity index (χ4n) is 1.77. The number of rotatable bonds is 8. The van der Waals surface area contributed by atoms with Gasteiger partial charge in [0.2, 0.25) is 0 Å². The quantitative estimate of drug-likeness (QED) is 0.404. The normalized spacial score (nSPS) is 11.1. The maximum atomic E-state index is 11.0. The standard InChI is InChI=1S/C16H24O4P.Li/c1-10(2)18-13-7-14(19-11(3)4)16(21-9-17)15(8-13)20-12(5)6;/h7-12H,1-6H3;/q-1;+1. The molecule has 0 saturated heterocycles. The molecule has 0 amide bonds. The van der Waals surface area contributed by atoms with E-state index in [1.54, 1.807) is 0 Å². The Bertz CT molecular complexity index is 444. The third-order valence-electron chi connectivity index (χ3n) is 2.29. The van der Waals surface area contributed by atoms with Crippen LogP contribution in [0.25, 0.3) is 0 Å². The Hall–Kier alpha value is -0.683. The monoisotopic (exact) mass is 318 g/mol. The van der Waals surface area contributed by atoms with E-state index in [-0.39, 0.29) is 37.2 Å². The molecule has 4 nitrogen and oxygen atoms in total. The van der Waals surface area contributed by atoms with Gasteiger partial charge in [0, 0.05) is 12.1 Å². The summed E-state index contributed by atoms with van der Waals surface area (Å²) < 4.78 is 17.4. The van der Waals surface area contributed by atoms with Crippen LogP contribution < -0.4 is 38.4 Å². The number of hydrogen-bond acceptors (Lipinski definition) is 4. The molecule has 0 heterocycles. The van der Waals surface area contributed by atoms with Crippen molar-refractivity contribution in [2.45, 2.75) is 59.9 Å². The van der Waals surface area contributed by atoms with Crippen molar-refractivity contribution in [1.29, 1.82) is 0 Å². The number of ether oxygens (including phenoxy) is 3. The Morgan fingerprint density at radius 2 is 1.27 bits per heavy atom. The molecule has 0 spiro atoms. The largest absolute Gasteiger partial charge is 1.00 e. The molecule has 0 aliphatic heterocycles. The van der Waals surface area contributed by atoms with Gasteiger partial charge in [-0.1, -0.05) is 0 Å². The molecule has 0 aliphatic rings. The number of hydrogen-bond donors (Lipinski definition) is 0. The van der Waals surface area contributed by atoms with Gasteiger partial charge in [0.1, 0.15) is 5.75 Å². The van der Waals surface area contributed by atoms with Crippen LogP contribution in [0.5, 0.6) is 17.2 Å². The first kappa shape index (κ1) is 21.3. The van der Waals surface area contributed by atoms with E-state index in [1.165, 1.54) is 0 Å². The molecule has 22 heavy (non-hydrogen) atoms. The fourth-order valence-corrected chi connectivity index (χ4v) is 2.36. The van der Waals surface area contributed by atoms with Gasteiger partial charge in [-0.25, -0.2) is 0 Å². The maximum absolute atomic E-state index is 11.0. The molecule has 0 N–H and O–H groups in total. The van der Waals surface area contributed by atoms with Crippen LogP contribution in [0.1, 0.15) is 41.5 Å². The second-order valence-corrected chi connectivity index (χ2v) is 6.42. The molecule has 1 rings (SSSR count). The predicted molar refractivity (Wildman–Crippen MR) is 87.0 cm³/mol. The van der Waals surface area contributed by atoms with Gasteiger partial charge in [0.25, 0.3) is 0 Å². The first-order chi connectivity index (χ1) is 9.83. The molecule has 0 atom stereocenters. The molecule has 0 radical (unpaired) electrons. The van der Waals surface area contributed by atoms with E-state index >= 15 is 0 Å². The summed E-state index contributed by atoms with van der Waals surface area (Å²) in [5.74, 6) is 1.95.